The lowest BCUT2D eigenvalue weighted by Crippen LogP contribution is -1.96. The van der Waals surface area contributed by atoms with Crippen molar-refractivity contribution >= 4 is 27.4 Å². The van der Waals surface area contributed by atoms with E-state index in [-0.39, 0.29) is 0 Å². The molecular weight excluding hydrogens is 300 g/mol. The second-order valence-corrected chi connectivity index (χ2v) is 5.51. The van der Waals surface area contributed by atoms with E-state index in [1.54, 1.807) is 0 Å². The van der Waals surface area contributed by atoms with Gasteiger partial charge in [-0.1, -0.05) is 25.5 Å². The molecule has 0 saturated heterocycles. The smallest absolute Gasteiger partial charge is 0.144 e. The first-order valence-corrected chi connectivity index (χ1v) is 7.47. The molecule has 0 aliphatic carbocycles. The number of nitrogens with one attached hydrogen (secondary N) is 1. The van der Waals surface area contributed by atoms with Gasteiger partial charge in [-0.15, -0.1) is 0 Å². The van der Waals surface area contributed by atoms with Crippen molar-refractivity contribution in [3.63, 3.8) is 0 Å². The molecule has 0 saturated carbocycles. The third-order valence-corrected chi connectivity index (χ3v) is 4.12. The average Bonchev–Trinajstić information content (AvgIpc) is 2.43. The predicted molar refractivity (Wildman–Crippen MR) is 85.0 cm³/mol. The summed E-state index contributed by atoms with van der Waals surface area (Å²) in [5.41, 5.74) is 3.64. The highest BCUT2D eigenvalue weighted by Crippen LogP contribution is 2.26. The molecule has 100 valence electrons. The molecule has 2 nitrogen and oxygen atoms in total. The minimum absolute atomic E-state index is 0.862. The van der Waals surface area contributed by atoms with Gasteiger partial charge in [-0.3, -0.25) is 0 Å². The molecule has 0 aliphatic rings. The van der Waals surface area contributed by atoms with Gasteiger partial charge in [0.1, 0.15) is 5.82 Å². The molecule has 0 unspecified atom stereocenters. The molecule has 3 heteroatoms. The summed E-state index contributed by atoms with van der Waals surface area (Å²) in [5, 5.41) is 3.34. The molecule has 1 aromatic heterocycles. The summed E-state index contributed by atoms with van der Waals surface area (Å²) in [5.74, 6) is 0.862. The lowest BCUT2D eigenvalue weighted by Gasteiger charge is -2.09. The standard InChI is InChI=1S/C16H19BrN2/c1-3-4-5-13-6-8-14(9-7-13)19-16-15(17)12(2)10-11-18-16/h6-11H,3-5H2,1-2H3,(H,18,19). The van der Waals surface area contributed by atoms with Crippen molar-refractivity contribution in [1.29, 1.82) is 0 Å². The minimum atomic E-state index is 0.862. The number of hydrogen-bond acceptors (Lipinski definition) is 2. The van der Waals surface area contributed by atoms with Crippen LogP contribution in [-0.2, 0) is 6.42 Å². The Morgan fingerprint density at radius 3 is 2.58 bits per heavy atom. The molecular formula is C16H19BrN2. The molecule has 2 rings (SSSR count). The zero-order valence-electron chi connectivity index (χ0n) is 11.4. The van der Waals surface area contributed by atoms with Gasteiger partial charge in [0.15, 0.2) is 0 Å². The summed E-state index contributed by atoms with van der Waals surface area (Å²) < 4.78 is 1.02. The van der Waals surface area contributed by atoms with Crippen LogP contribution in [-0.4, -0.2) is 4.98 Å². The van der Waals surface area contributed by atoms with Gasteiger partial charge in [0.05, 0.1) is 4.47 Å². The fourth-order valence-corrected chi connectivity index (χ4v) is 2.23. The third-order valence-electron chi connectivity index (χ3n) is 3.12. The third kappa shape index (κ3) is 3.80. The molecule has 0 atom stereocenters. The number of hydrogen-bond donors (Lipinski definition) is 1. The first-order chi connectivity index (χ1) is 9.20. The zero-order chi connectivity index (χ0) is 13.7. The number of rotatable bonds is 5. The van der Waals surface area contributed by atoms with Crippen LogP contribution >= 0.6 is 15.9 Å². The number of unbranched alkanes of at least 4 members (excludes halogenated alkanes) is 1. The van der Waals surface area contributed by atoms with Crippen LogP contribution in [0.4, 0.5) is 11.5 Å². The molecule has 19 heavy (non-hydrogen) atoms. The highest BCUT2D eigenvalue weighted by atomic mass is 79.9. The van der Waals surface area contributed by atoms with E-state index in [0.717, 1.165) is 22.4 Å². The molecule has 0 fully saturated rings. The van der Waals surface area contributed by atoms with E-state index < -0.39 is 0 Å². The summed E-state index contributed by atoms with van der Waals surface area (Å²) in [4.78, 5) is 4.35. The summed E-state index contributed by atoms with van der Waals surface area (Å²) in [6, 6.07) is 10.6. The van der Waals surface area contributed by atoms with Crippen LogP contribution in [0.1, 0.15) is 30.9 Å². The highest BCUT2D eigenvalue weighted by Gasteiger charge is 2.04. The quantitative estimate of drug-likeness (QED) is 0.815. The Morgan fingerprint density at radius 2 is 1.89 bits per heavy atom. The molecule has 0 spiro atoms. The molecule has 2 aromatic rings. The fraction of sp³-hybridized carbons (Fsp3) is 0.312. The van der Waals surface area contributed by atoms with E-state index in [0.29, 0.717) is 0 Å². The van der Waals surface area contributed by atoms with Crippen LogP contribution in [0, 0.1) is 6.92 Å². The van der Waals surface area contributed by atoms with E-state index in [2.05, 4.69) is 64.3 Å². The Bertz CT molecular complexity index is 535. The van der Waals surface area contributed by atoms with Crippen molar-refractivity contribution in [2.24, 2.45) is 0 Å². The van der Waals surface area contributed by atoms with Gasteiger partial charge in [-0.05, 0) is 65.0 Å². The van der Waals surface area contributed by atoms with Crippen molar-refractivity contribution in [1.82, 2.24) is 4.98 Å². The monoisotopic (exact) mass is 318 g/mol. The average molecular weight is 319 g/mol. The van der Waals surface area contributed by atoms with Crippen molar-refractivity contribution in [2.45, 2.75) is 33.1 Å². The van der Waals surface area contributed by atoms with Gasteiger partial charge in [0.25, 0.3) is 0 Å². The number of benzene rings is 1. The number of anilines is 2. The Kier molecular flexibility index (Phi) is 4.97. The van der Waals surface area contributed by atoms with E-state index in [1.165, 1.54) is 24.0 Å². The van der Waals surface area contributed by atoms with Crippen LogP contribution in [0.2, 0.25) is 0 Å². The van der Waals surface area contributed by atoms with Gasteiger partial charge in [-0.25, -0.2) is 4.98 Å². The highest BCUT2D eigenvalue weighted by molar-refractivity contribution is 9.10. The number of aromatic nitrogens is 1. The zero-order valence-corrected chi connectivity index (χ0v) is 13.0. The molecule has 1 heterocycles. The Labute approximate surface area is 123 Å². The maximum absolute atomic E-state index is 4.35. The molecule has 0 bridgehead atoms. The van der Waals surface area contributed by atoms with Crippen LogP contribution < -0.4 is 5.32 Å². The second-order valence-electron chi connectivity index (χ2n) is 4.72. The molecule has 0 amide bonds. The second kappa shape index (κ2) is 6.71. The van der Waals surface area contributed by atoms with Gasteiger partial charge in [0.2, 0.25) is 0 Å². The van der Waals surface area contributed by atoms with Gasteiger partial charge in [0, 0.05) is 11.9 Å². The van der Waals surface area contributed by atoms with E-state index in [1.807, 2.05) is 12.3 Å². The largest absolute Gasteiger partial charge is 0.339 e. The predicted octanol–water partition coefficient (Wildman–Crippen LogP) is 5.24. The normalized spacial score (nSPS) is 10.5. The summed E-state index contributed by atoms with van der Waals surface area (Å²) >= 11 is 3.56. The van der Waals surface area contributed by atoms with Gasteiger partial charge < -0.3 is 5.32 Å². The number of halogens is 1. The molecule has 0 radical (unpaired) electrons. The molecule has 1 N–H and O–H groups in total. The molecule has 0 aliphatic heterocycles. The van der Waals surface area contributed by atoms with Crippen LogP contribution in [0.25, 0.3) is 0 Å². The van der Waals surface area contributed by atoms with Crippen LogP contribution in [0.15, 0.2) is 41.0 Å². The van der Waals surface area contributed by atoms with E-state index >= 15 is 0 Å². The van der Waals surface area contributed by atoms with Crippen molar-refractivity contribution < 1.29 is 0 Å². The number of pyridine rings is 1. The fourth-order valence-electron chi connectivity index (χ4n) is 1.90. The first kappa shape index (κ1) is 14.1. The lowest BCUT2D eigenvalue weighted by atomic mass is 10.1. The summed E-state index contributed by atoms with van der Waals surface area (Å²) in [6.45, 7) is 4.28. The number of nitrogens with zero attached hydrogens (tertiary/aromatic N) is 1. The Morgan fingerprint density at radius 1 is 1.16 bits per heavy atom. The molecule has 1 aromatic carbocycles. The van der Waals surface area contributed by atoms with E-state index in [9.17, 15) is 0 Å². The van der Waals surface area contributed by atoms with Crippen LogP contribution in [0.5, 0.6) is 0 Å². The van der Waals surface area contributed by atoms with Crippen molar-refractivity contribution in [3.8, 4) is 0 Å². The first-order valence-electron chi connectivity index (χ1n) is 6.67. The summed E-state index contributed by atoms with van der Waals surface area (Å²) in [7, 11) is 0. The minimum Gasteiger partial charge on any atom is -0.339 e. The Hall–Kier alpha value is -1.35. The SMILES string of the molecule is CCCCc1ccc(Nc2nccc(C)c2Br)cc1. The maximum atomic E-state index is 4.35. The van der Waals surface area contributed by atoms with Gasteiger partial charge in [-0.2, -0.15) is 0 Å². The maximum Gasteiger partial charge on any atom is 0.144 e. The Balaban J connectivity index is 2.09. The van der Waals surface area contributed by atoms with Crippen molar-refractivity contribution in [2.75, 3.05) is 5.32 Å². The summed E-state index contributed by atoms with van der Waals surface area (Å²) in [6.07, 6.45) is 5.46. The van der Waals surface area contributed by atoms with Crippen LogP contribution in [0.3, 0.4) is 0 Å². The number of aryl methyl sites for hydroxylation is 2. The lowest BCUT2D eigenvalue weighted by molar-refractivity contribution is 0.795. The van der Waals surface area contributed by atoms with E-state index in [4.69, 9.17) is 0 Å². The topological polar surface area (TPSA) is 24.9 Å². The van der Waals surface area contributed by atoms with Gasteiger partial charge >= 0.3 is 0 Å². The van der Waals surface area contributed by atoms with Crippen molar-refractivity contribution in [3.05, 3.63) is 52.1 Å².